The number of hydrogen-bond donors (Lipinski definition) is 0. The SMILES string of the molecule is Cc1cc(C2N=CC=N2)nc2c1ccc1ccccc12. The predicted molar refractivity (Wildman–Crippen MR) is 83.7 cm³/mol. The molecule has 3 aromatic rings. The summed E-state index contributed by atoms with van der Waals surface area (Å²) >= 11 is 0. The van der Waals surface area contributed by atoms with Crippen LogP contribution in [0.1, 0.15) is 17.4 Å². The predicted octanol–water partition coefficient (Wildman–Crippen LogP) is 3.85. The zero-order valence-electron chi connectivity index (χ0n) is 11.1. The molecule has 0 radical (unpaired) electrons. The number of nitrogens with zero attached hydrogens (tertiary/aromatic N) is 3. The average molecular weight is 259 g/mol. The highest BCUT2D eigenvalue weighted by molar-refractivity contribution is 6.17. The highest BCUT2D eigenvalue weighted by Gasteiger charge is 2.14. The van der Waals surface area contributed by atoms with Crippen LogP contribution < -0.4 is 0 Å². The molecule has 20 heavy (non-hydrogen) atoms. The minimum Gasteiger partial charge on any atom is -0.259 e. The fourth-order valence-electron chi connectivity index (χ4n) is 2.72. The summed E-state index contributed by atoms with van der Waals surface area (Å²) in [7, 11) is 0. The van der Waals surface area contributed by atoms with Crippen molar-refractivity contribution >= 4 is 34.1 Å². The van der Waals surface area contributed by atoms with Crippen LogP contribution in [-0.2, 0) is 0 Å². The van der Waals surface area contributed by atoms with Crippen molar-refractivity contribution in [2.45, 2.75) is 13.1 Å². The van der Waals surface area contributed by atoms with Crippen molar-refractivity contribution in [3.05, 3.63) is 53.7 Å². The van der Waals surface area contributed by atoms with Crippen molar-refractivity contribution in [1.29, 1.82) is 0 Å². The summed E-state index contributed by atoms with van der Waals surface area (Å²) in [5.74, 6) is 0. The summed E-state index contributed by atoms with van der Waals surface area (Å²) in [5.41, 5.74) is 3.17. The number of aryl methyl sites for hydroxylation is 1. The number of aromatic nitrogens is 1. The molecule has 2 heterocycles. The first-order valence-electron chi connectivity index (χ1n) is 6.67. The molecule has 1 aliphatic rings. The molecule has 0 saturated carbocycles. The van der Waals surface area contributed by atoms with Gasteiger partial charge in [0.2, 0.25) is 0 Å². The Balaban J connectivity index is 2.08. The Morgan fingerprint density at radius 3 is 2.55 bits per heavy atom. The zero-order chi connectivity index (χ0) is 13.5. The molecular formula is C17H13N3. The molecule has 0 N–H and O–H groups in total. The van der Waals surface area contributed by atoms with Gasteiger partial charge >= 0.3 is 0 Å². The van der Waals surface area contributed by atoms with Crippen molar-refractivity contribution in [2.24, 2.45) is 9.98 Å². The maximum atomic E-state index is 4.82. The Morgan fingerprint density at radius 1 is 0.900 bits per heavy atom. The molecule has 0 bridgehead atoms. The molecular weight excluding hydrogens is 246 g/mol. The lowest BCUT2D eigenvalue weighted by Crippen LogP contribution is -1.96. The molecule has 0 fully saturated rings. The van der Waals surface area contributed by atoms with E-state index in [0.29, 0.717) is 0 Å². The van der Waals surface area contributed by atoms with Gasteiger partial charge in [-0.25, -0.2) is 4.98 Å². The standard InChI is InChI=1S/C17H13N3/c1-11-10-15(17-18-8-9-19-17)20-16-13(11)7-6-12-4-2-3-5-14(12)16/h2-10,17H,1H3. The van der Waals surface area contributed by atoms with Gasteiger partial charge in [0.25, 0.3) is 0 Å². The summed E-state index contributed by atoms with van der Waals surface area (Å²) in [6.07, 6.45) is 3.28. The fourth-order valence-corrected chi connectivity index (χ4v) is 2.72. The molecule has 0 spiro atoms. The summed E-state index contributed by atoms with van der Waals surface area (Å²) in [6.45, 7) is 2.12. The van der Waals surface area contributed by atoms with Crippen LogP contribution in [0, 0.1) is 6.92 Å². The van der Waals surface area contributed by atoms with Gasteiger partial charge in [-0.2, -0.15) is 0 Å². The van der Waals surface area contributed by atoms with Gasteiger partial charge in [0.1, 0.15) is 0 Å². The zero-order valence-corrected chi connectivity index (χ0v) is 11.1. The first-order chi connectivity index (χ1) is 9.83. The first kappa shape index (κ1) is 11.3. The molecule has 96 valence electrons. The number of hydrogen-bond acceptors (Lipinski definition) is 3. The van der Waals surface area contributed by atoms with E-state index in [2.05, 4.69) is 59.4 Å². The van der Waals surface area contributed by atoms with Crippen LogP contribution in [0.15, 0.2) is 52.4 Å². The molecule has 4 rings (SSSR count). The van der Waals surface area contributed by atoms with Gasteiger partial charge in [0, 0.05) is 23.2 Å². The summed E-state index contributed by atoms with van der Waals surface area (Å²) in [4.78, 5) is 13.5. The minimum atomic E-state index is -0.183. The number of pyridine rings is 1. The van der Waals surface area contributed by atoms with Crippen molar-refractivity contribution < 1.29 is 0 Å². The van der Waals surface area contributed by atoms with E-state index in [0.717, 1.165) is 11.2 Å². The van der Waals surface area contributed by atoms with E-state index < -0.39 is 0 Å². The summed E-state index contributed by atoms with van der Waals surface area (Å²) in [6, 6.07) is 14.7. The molecule has 0 saturated heterocycles. The van der Waals surface area contributed by atoms with Crippen LogP contribution >= 0.6 is 0 Å². The number of aliphatic imine (C=N–C) groups is 2. The van der Waals surface area contributed by atoms with Gasteiger partial charge in [-0.1, -0.05) is 36.4 Å². The number of benzene rings is 2. The Labute approximate surface area is 116 Å². The molecule has 1 aliphatic heterocycles. The van der Waals surface area contributed by atoms with Crippen LogP contribution in [0.5, 0.6) is 0 Å². The lowest BCUT2D eigenvalue weighted by Gasteiger charge is -2.10. The third kappa shape index (κ3) is 1.63. The lowest BCUT2D eigenvalue weighted by atomic mass is 10.0. The van der Waals surface area contributed by atoms with Crippen LogP contribution in [0.4, 0.5) is 0 Å². The smallest absolute Gasteiger partial charge is 0.181 e. The first-order valence-corrected chi connectivity index (χ1v) is 6.67. The largest absolute Gasteiger partial charge is 0.259 e. The minimum absolute atomic E-state index is 0.183. The van der Waals surface area contributed by atoms with Crippen molar-refractivity contribution in [2.75, 3.05) is 0 Å². The molecule has 3 heteroatoms. The monoisotopic (exact) mass is 259 g/mol. The Hall–Kier alpha value is -2.55. The van der Waals surface area contributed by atoms with Crippen LogP contribution in [0.2, 0.25) is 0 Å². The second-order valence-corrected chi connectivity index (χ2v) is 5.02. The van der Waals surface area contributed by atoms with Crippen molar-refractivity contribution in [3.63, 3.8) is 0 Å². The van der Waals surface area contributed by atoms with E-state index in [1.165, 1.54) is 21.7 Å². The summed E-state index contributed by atoms with van der Waals surface area (Å²) in [5, 5.41) is 3.58. The normalized spacial score (nSPS) is 14.7. The van der Waals surface area contributed by atoms with E-state index >= 15 is 0 Å². The second kappa shape index (κ2) is 4.23. The van der Waals surface area contributed by atoms with E-state index in [9.17, 15) is 0 Å². The molecule has 0 unspecified atom stereocenters. The molecule has 0 amide bonds. The molecule has 0 atom stereocenters. The highest BCUT2D eigenvalue weighted by atomic mass is 15.1. The van der Waals surface area contributed by atoms with Crippen LogP contribution in [0.3, 0.4) is 0 Å². The summed E-state index contributed by atoms with van der Waals surface area (Å²) < 4.78 is 0. The van der Waals surface area contributed by atoms with Gasteiger partial charge in [0.15, 0.2) is 6.17 Å². The van der Waals surface area contributed by atoms with Crippen molar-refractivity contribution in [3.8, 4) is 0 Å². The van der Waals surface area contributed by atoms with Gasteiger partial charge < -0.3 is 0 Å². The van der Waals surface area contributed by atoms with E-state index in [1.54, 1.807) is 12.4 Å². The fraction of sp³-hybridized carbons (Fsp3) is 0.118. The quantitative estimate of drug-likeness (QED) is 0.611. The van der Waals surface area contributed by atoms with E-state index in [1.807, 2.05) is 0 Å². The van der Waals surface area contributed by atoms with Gasteiger partial charge in [0.05, 0.1) is 11.2 Å². The number of rotatable bonds is 1. The Morgan fingerprint density at radius 2 is 1.70 bits per heavy atom. The molecule has 3 nitrogen and oxygen atoms in total. The second-order valence-electron chi connectivity index (χ2n) is 5.02. The maximum Gasteiger partial charge on any atom is 0.181 e. The number of fused-ring (bicyclic) bond motifs is 3. The molecule has 1 aromatic heterocycles. The highest BCUT2D eigenvalue weighted by Crippen LogP contribution is 2.29. The Kier molecular flexibility index (Phi) is 2.39. The van der Waals surface area contributed by atoms with Crippen LogP contribution in [0.25, 0.3) is 21.7 Å². The van der Waals surface area contributed by atoms with Gasteiger partial charge in [-0.3, -0.25) is 9.98 Å². The van der Waals surface area contributed by atoms with Crippen molar-refractivity contribution in [1.82, 2.24) is 4.98 Å². The lowest BCUT2D eigenvalue weighted by molar-refractivity contribution is 0.771. The van der Waals surface area contributed by atoms with Gasteiger partial charge in [-0.05, 0) is 23.9 Å². The third-order valence-electron chi connectivity index (χ3n) is 3.72. The Bertz CT molecular complexity index is 866. The van der Waals surface area contributed by atoms with E-state index in [-0.39, 0.29) is 6.17 Å². The maximum absolute atomic E-state index is 4.82. The average Bonchev–Trinajstić information content (AvgIpc) is 3.01. The van der Waals surface area contributed by atoms with E-state index in [4.69, 9.17) is 4.98 Å². The third-order valence-corrected chi connectivity index (χ3v) is 3.72. The molecule has 2 aromatic carbocycles. The van der Waals surface area contributed by atoms with Gasteiger partial charge in [-0.15, -0.1) is 0 Å². The topological polar surface area (TPSA) is 37.6 Å². The van der Waals surface area contributed by atoms with Crippen LogP contribution in [-0.4, -0.2) is 17.4 Å². The molecule has 0 aliphatic carbocycles.